The third kappa shape index (κ3) is 2.73. The van der Waals surface area contributed by atoms with E-state index in [1.165, 1.54) is 0 Å². The van der Waals surface area contributed by atoms with E-state index in [9.17, 15) is 14.7 Å². The zero-order chi connectivity index (χ0) is 15.6. The first-order valence-corrected chi connectivity index (χ1v) is 6.80. The van der Waals surface area contributed by atoms with Crippen LogP contribution in [0.5, 0.6) is 0 Å². The number of carbonyl (C=O) groups is 2. The highest BCUT2D eigenvalue weighted by Crippen LogP contribution is 2.36. The molecular formula is C14H24N3O3+. The van der Waals surface area contributed by atoms with Crippen LogP contribution >= 0.6 is 0 Å². The van der Waals surface area contributed by atoms with Crippen LogP contribution in [0.4, 0.5) is 9.59 Å². The Kier molecular flexibility index (Phi) is 4.66. The number of amides is 3. The number of carboxylic acid groups (broad SMARTS) is 1. The van der Waals surface area contributed by atoms with E-state index < -0.39 is 17.7 Å². The van der Waals surface area contributed by atoms with Gasteiger partial charge in [-0.3, -0.25) is 0 Å². The zero-order valence-electron chi connectivity index (χ0n) is 12.6. The van der Waals surface area contributed by atoms with Crippen LogP contribution in [0.1, 0.15) is 34.1 Å². The summed E-state index contributed by atoms with van der Waals surface area (Å²) in [4.78, 5) is 23.4. The van der Waals surface area contributed by atoms with Crippen molar-refractivity contribution in [3.63, 3.8) is 0 Å². The van der Waals surface area contributed by atoms with E-state index >= 15 is 0 Å². The van der Waals surface area contributed by atoms with Crippen LogP contribution < -0.4 is 10.6 Å². The number of quaternary nitrogens is 1. The van der Waals surface area contributed by atoms with Gasteiger partial charge in [-0.05, 0) is 33.6 Å². The number of hydrogen-bond donors (Lipinski definition) is 3. The first-order chi connectivity index (χ1) is 9.18. The minimum absolute atomic E-state index is 0.222. The van der Waals surface area contributed by atoms with E-state index in [0.29, 0.717) is 19.5 Å². The molecule has 6 heteroatoms. The summed E-state index contributed by atoms with van der Waals surface area (Å²) in [6, 6.07) is -0.968. The molecule has 3 amide bonds. The molecule has 1 fully saturated rings. The van der Waals surface area contributed by atoms with E-state index in [2.05, 4.69) is 16.6 Å². The van der Waals surface area contributed by atoms with Gasteiger partial charge in [-0.2, -0.15) is 4.79 Å². The highest BCUT2D eigenvalue weighted by atomic mass is 16.4. The summed E-state index contributed by atoms with van der Waals surface area (Å²) in [6.07, 6.45) is 5.06. The second-order valence-electron chi connectivity index (χ2n) is 6.12. The highest BCUT2D eigenvalue weighted by molar-refractivity contribution is 5.74. The Bertz CT molecular complexity index is 436. The zero-order valence-corrected chi connectivity index (χ0v) is 12.6. The second kappa shape index (κ2) is 5.71. The Balaban J connectivity index is 3.00. The summed E-state index contributed by atoms with van der Waals surface area (Å²) in [5, 5.41) is 15.2. The van der Waals surface area contributed by atoms with Crippen molar-refractivity contribution in [3.05, 3.63) is 0 Å². The number of hydrogen-bond acceptors (Lipinski definition) is 2. The lowest BCUT2D eigenvalue weighted by molar-refractivity contribution is -0.907. The van der Waals surface area contributed by atoms with Crippen molar-refractivity contribution in [1.82, 2.24) is 10.6 Å². The summed E-state index contributed by atoms with van der Waals surface area (Å²) < 4.78 is -0.222. The number of carbonyl (C=O) groups excluding carboxylic acids is 1. The number of nitrogens with zero attached hydrogens (tertiary/aromatic N) is 1. The third-order valence-corrected chi connectivity index (χ3v) is 3.95. The largest absolute Gasteiger partial charge is 0.515 e. The third-order valence-electron chi connectivity index (χ3n) is 3.95. The van der Waals surface area contributed by atoms with E-state index in [1.54, 1.807) is 0 Å². The SMILES string of the molecule is C#C[C@@H]1C[C@@H](NC(=O)NCC)C[N+]1(C(=O)O)C(C)(C)C. The molecule has 0 bridgehead atoms. The van der Waals surface area contributed by atoms with Gasteiger partial charge >= 0.3 is 12.1 Å². The van der Waals surface area contributed by atoms with Gasteiger partial charge in [-0.15, -0.1) is 6.42 Å². The van der Waals surface area contributed by atoms with Crippen molar-refractivity contribution in [2.75, 3.05) is 13.1 Å². The second-order valence-corrected chi connectivity index (χ2v) is 6.12. The summed E-state index contributed by atoms with van der Waals surface area (Å²) in [5.41, 5.74) is -0.541. The minimum atomic E-state index is -0.944. The van der Waals surface area contributed by atoms with Crippen LogP contribution in [0.2, 0.25) is 0 Å². The molecule has 1 unspecified atom stereocenters. The van der Waals surface area contributed by atoms with Gasteiger partial charge in [0.15, 0.2) is 6.04 Å². The maximum Gasteiger partial charge on any atom is 0.515 e. The van der Waals surface area contributed by atoms with Crippen LogP contribution in [-0.2, 0) is 0 Å². The van der Waals surface area contributed by atoms with Gasteiger partial charge in [0.25, 0.3) is 0 Å². The number of terminal acetylenes is 1. The number of nitrogens with one attached hydrogen (secondary N) is 2. The van der Waals surface area contributed by atoms with Gasteiger partial charge in [0.2, 0.25) is 0 Å². The van der Waals surface area contributed by atoms with Gasteiger partial charge < -0.3 is 15.7 Å². The molecular weight excluding hydrogens is 258 g/mol. The van der Waals surface area contributed by atoms with Crippen LogP contribution in [0.25, 0.3) is 0 Å². The normalized spacial score (nSPS) is 29.6. The molecule has 1 rings (SSSR count). The molecule has 1 aliphatic rings. The van der Waals surface area contributed by atoms with Crippen molar-refractivity contribution >= 4 is 12.1 Å². The van der Waals surface area contributed by atoms with Gasteiger partial charge in [0.05, 0.1) is 6.04 Å². The molecule has 1 saturated heterocycles. The Hall–Kier alpha value is -1.74. The van der Waals surface area contributed by atoms with Gasteiger partial charge in [0.1, 0.15) is 12.1 Å². The number of rotatable bonds is 2. The average Bonchev–Trinajstić information content (AvgIpc) is 2.68. The van der Waals surface area contributed by atoms with Crippen molar-refractivity contribution in [2.45, 2.75) is 51.7 Å². The highest BCUT2D eigenvalue weighted by Gasteiger charge is 2.59. The first-order valence-electron chi connectivity index (χ1n) is 6.80. The molecule has 0 aromatic rings. The van der Waals surface area contributed by atoms with Gasteiger partial charge in [-0.25, -0.2) is 9.28 Å². The quantitative estimate of drug-likeness (QED) is 0.529. The molecule has 0 spiro atoms. The fraction of sp³-hybridized carbons (Fsp3) is 0.714. The molecule has 1 aliphatic heterocycles. The Morgan fingerprint density at radius 2 is 2.05 bits per heavy atom. The lowest BCUT2D eigenvalue weighted by Gasteiger charge is -2.43. The Morgan fingerprint density at radius 3 is 2.40 bits per heavy atom. The van der Waals surface area contributed by atoms with Gasteiger partial charge in [0, 0.05) is 13.0 Å². The fourth-order valence-electron chi connectivity index (χ4n) is 2.94. The summed E-state index contributed by atoms with van der Waals surface area (Å²) in [7, 11) is 0. The van der Waals surface area contributed by atoms with Crippen molar-refractivity contribution < 1.29 is 19.2 Å². The Labute approximate surface area is 120 Å². The van der Waals surface area contributed by atoms with E-state index in [4.69, 9.17) is 6.42 Å². The lowest BCUT2D eigenvalue weighted by Crippen LogP contribution is -2.66. The average molecular weight is 282 g/mol. The fourth-order valence-corrected chi connectivity index (χ4v) is 2.94. The predicted octanol–water partition coefficient (Wildman–Crippen LogP) is 1.37. The Morgan fingerprint density at radius 1 is 1.45 bits per heavy atom. The molecule has 3 atom stereocenters. The molecule has 0 saturated carbocycles. The molecule has 0 aromatic carbocycles. The molecule has 0 aliphatic carbocycles. The molecule has 3 N–H and O–H groups in total. The van der Waals surface area contributed by atoms with Crippen molar-refractivity contribution in [3.8, 4) is 12.3 Å². The molecule has 0 aromatic heterocycles. The summed E-state index contributed by atoms with van der Waals surface area (Å²) in [6.45, 7) is 8.23. The van der Waals surface area contributed by atoms with Crippen molar-refractivity contribution in [1.29, 1.82) is 0 Å². The topological polar surface area (TPSA) is 78.4 Å². The minimum Gasteiger partial charge on any atom is -0.435 e. The number of urea groups is 1. The lowest BCUT2D eigenvalue weighted by atomic mass is 10.00. The van der Waals surface area contributed by atoms with E-state index in [-0.39, 0.29) is 16.6 Å². The monoisotopic (exact) mass is 282 g/mol. The molecule has 6 nitrogen and oxygen atoms in total. The van der Waals surface area contributed by atoms with E-state index in [1.807, 2.05) is 27.7 Å². The molecule has 0 radical (unpaired) electrons. The van der Waals surface area contributed by atoms with Crippen LogP contribution in [-0.4, -0.2) is 52.4 Å². The van der Waals surface area contributed by atoms with Crippen LogP contribution in [0, 0.1) is 12.3 Å². The summed E-state index contributed by atoms with van der Waals surface area (Å²) in [5.74, 6) is 2.60. The standard InChI is InChI=1S/C14H23N3O3/c1-6-11-8-10(16-12(18)15-7-2)9-17(11,13(19)20)14(3,4)5/h1,10-11H,7-9H2,2-5H3,(H2-,15,16,18,19,20)/p+1/t10-,11-,17?/m1/s1. The maximum absolute atomic E-state index is 11.8. The van der Waals surface area contributed by atoms with Crippen molar-refractivity contribution in [2.24, 2.45) is 0 Å². The van der Waals surface area contributed by atoms with Gasteiger partial charge in [-0.1, -0.05) is 0 Å². The smallest absolute Gasteiger partial charge is 0.435 e. The van der Waals surface area contributed by atoms with Crippen LogP contribution in [0.3, 0.4) is 0 Å². The van der Waals surface area contributed by atoms with E-state index in [0.717, 1.165) is 0 Å². The first kappa shape index (κ1) is 16.3. The molecule has 1 heterocycles. The van der Waals surface area contributed by atoms with Crippen LogP contribution in [0.15, 0.2) is 0 Å². The maximum atomic E-state index is 11.8. The summed E-state index contributed by atoms with van der Waals surface area (Å²) >= 11 is 0. The predicted molar refractivity (Wildman–Crippen MR) is 76.1 cm³/mol. The number of likely N-dealkylation sites (tertiary alicyclic amines) is 1. The molecule has 20 heavy (non-hydrogen) atoms. The molecule has 112 valence electrons.